The van der Waals surface area contributed by atoms with E-state index in [0.29, 0.717) is 18.7 Å². The second-order valence-electron chi connectivity index (χ2n) is 4.21. The predicted molar refractivity (Wildman–Crippen MR) is 76.7 cm³/mol. The average Bonchev–Trinajstić information content (AvgIpc) is 2.39. The Morgan fingerprint density at radius 3 is 2.89 bits per heavy atom. The van der Waals surface area contributed by atoms with Gasteiger partial charge in [-0.3, -0.25) is 9.78 Å². The molecule has 2 aromatic rings. The van der Waals surface area contributed by atoms with Crippen molar-refractivity contribution in [2.45, 2.75) is 13.0 Å². The molecule has 1 amide bonds. The molecule has 0 aliphatic rings. The molecule has 0 saturated heterocycles. The van der Waals surface area contributed by atoms with Crippen LogP contribution in [-0.2, 0) is 11.3 Å². The van der Waals surface area contributed by atoms with Gasteiger partial charge in [-0.1, -0.05) is 18.2 Å². The molecule has 3 nitrogen and oxygen atoms in total. The number of para-hydroxylation sites is 1. The van der Waals surface area contributed by atoms with E-state index in [1.807, 2.05) is 37.4 Å². The molecule has 2 rings (SSSR count). The number of carbonyl (C=O) groups is 1. The van der Waals surface area contributed by atoms with Crippen LogP contribution in [0.25, 0.3) is 10.9 Å². The Morgan fingerprint density at radius 2 is 2.11 bits per heavy atom. The largest absolute Gasteiger partial charge is 0.341 e. The highest BCUT2D eigenvalue weighted by molar-refractivity contribution is 7.80. The van der Waals surface area contributed by atoms with Gasteiger partial charge >= 0.3 is 0 Å². The lowest BCUT2D eigenvalue weighted by Gasteiger charge is -2.17. The van der Waals surface area contributed by atoms with Crippen molar-refractivity contribution in [2.75, 3.05) is 12.8 Å². The maximum Gasteiger partial charge on any atom is 0.223 e. The smallest absolute Gasteiger partial charge is 0.223 e. The predicted octanol–water partition coefficient (Wildman–Crippen LogP) is 2.51. The summed E-state index contributed by atoms with van der Waals surface area (Å²) in [5.74, 6) is 0.700. The number of amides is 1. The topological polar surface area (TPSA) is 33.2 Å². The summed E-state index contributed by atoms with van der Waals surface area (Å²) in [4.78, 5) is 17.8. The van der Waals surface area contributed by atoms with Crippen molar-refractivity contribution in [2.24, 2.45) is 0 Å². The van der Waals surface area contributed by atoms with Gasteiger partial charge in [0.05, 0.1) is 5.52 Å². The van der Waals surface area contributed by atoms with E-state index in [1.165, 1.54) is 0 Å². The summed E-state index contributed by atoms with van der Waals surface area (Å²) >= 11 is 4.08. The second kappa shape index (κ2) is 5.87. The lowest BCUT2D eigenvalue weighted by atomic mass is 10.1. The van der Waals surface area contributed by atoms with Gasteiger partial charge in [-0.25, -0.2) is 0 Å². The molecule has 0 saturated carbocycles. The molecule has 0 spiro atoms. The quantitative estimate of drug-likeness (QED) is 0.857. The molecule has 0 bridgehead atoms. The zero-order chi connectivity index (χ0) is 13.0. The Balaban J connectivity index is 2.24. The molecule has 4 heteroatoms. The van der Waals surface area contributed by atoms with Gasteiger partial charge < -0.3 is 4.90 Å². The number of aromatic nitrogens is 1. The first-order valence-corrected chi connectivity index (χ1v) is 6.53. The standard InChI is InChI=1S/C14H16N2OS/c1-16(14(17)7-9-18)10-11-6-8-15-13-5-3-2-4-12(11)13/h2-6,8,18H,7,9-10H2,1H3. The minimum atomic E-state index is 0.117. The highest BCUT2D eigenvalue weighted by Crippen LogP contribution is 2.17. The third-order valence-electron chi connectivity index (χ3n) is 2.90. The third-order valence-corrected chi connectivity index (χ3v) is 3.12. The third kappa shape index (κ3) is 2.82. The molecular weight excluding hydrogens is 244 g/mol. The first-order chi connectivity index (χ1) is 8.72. The lowest BCUT2D eigenvalue weighted by Crippen LogP contribution is -2.26. The number of hydrogen-bond donors (Lipinski definition) is 1. The van der Waals surface area contributed by atoms with Gasteiger partial charge in [0.15, 0.2) is 0 Å². The molecular formula is C14H16N2OS. The fourth-order valence-corrected chi connectivity index (χ4v) is 2.11. The van der Waals surface area contributed by atoms with Crippen LogP contribution in [0.3, 0.4) is 0 Å². The maximum absolute atomic E-state index is 11.7. The fourth-order valence-electron chi connectivity index (χ4n) is 1.92. The number of rotatable bonds is 4. The highest BCUT2D eigenvalue weighted by Gasteiger charge is 2.10. The van der Waals surface area contributed by atoms with Gasteiger partial charge in [0.25, 0.3) is 0 Å². The van der Waals surface area contributed by atoms with Crippen LogP contribution in [0.2, 0.25) is 0 Å². The number of carbonyl (C=O) groups excluding carboxylic acids is 1. The number of nitrogens with zero attached hydrogens (tertiary/aromatic N) is 2. The van der Waals surface area contributed by atoms with Crippen LogP contribution in [0.5, 0.6) is 0 Å². The molecule has 0 aliphatic heterocycles. The van der Waals surface area contributed by atoms with Crippen LogP contribution in [0.1, 0.15) is 12.0 Å². The summed E-state index contributed by atoms with van der Waals surface area (Å²) in [5.41, 5.74) is 2.08. The molecule has 0 unspecified atom stereocenters. The van der Waals surface area contributed by atoms with Crippen LogP contribution >= 0.6 is 12.6 Å². The lowest BCUT2D eigenvalue weighted by molar-refractivity contribution is -0.129. The average molecular weight is 260 g/mol. The van der Waals surface area contributed by atoms with Gasteiger partial charge in [-0.05, 0) is 23.4 Å². The fraction of sp³-hybridized carbons (Fsp3) is 0.286. The molecule has 0 radical (unpaired) electrons. The molecule has 0 fully saturated rings. The van der Waals surface area contributed by atoms with Crippen molar-refractivity contribution < 1.29 is 4.79 Å². The van der Waals surface area contributed by atoms with Crippen LogP contribution in [0.4, 0.5) is 0 Å². The van der Waals surface area contributed by atoms with Crippen molar-refractivity contribution in [3.8, 4) is 0 Å². The van der Waals surface area contributed by atoms with E-state index in [9.17, 15) is 4.79 Å². The van der Waals surface area contributed by atoms with E-state index in [4.69, 9.17) is 0 Å². The number of fused-ring (bicyclic) bond motifs is 1. The first kappa shape index (κ1) is 12.9. The molecule has 1 aromatic carbocycles. The molecule has 0 N–H and O–H groups in total. The van der Waals surface area contributed by atoms with Crippen LogP contribution in [-0.4, -0.2) is 28.6 Å². The zero-order valence-electron chi connectivity index (χ0n) is 10.3. The van der Waals surface area contributed by atoms with Gasteiger partial charge in [-0.15, -0.1) is 0 Å². The van der Waals surface area contributed by atoms with Gasteiger partial charge in [0.1, 0.15) is 0 Å². The second-order valence-corrected chi connectivity index (χ2v) is 4.66. The van der Waals surface area contributed by atoms with E-state index in [-0.39, 0.29) is 5.91 Å². The summed E-state index contributed by atoms with van der Waals surface area (Å²) in [5, 5.41) is 1.10. The summed E-state index contributed by atoms with van der Waals surface area (Å²) in [6.45, 7) is 0.607. The molecule has 0 aliphatic carbocycles. The summed E-state index contributed by atoms with van der Waals surface area (Å²) in [6, 6.07) is 9.94. The summed E-state index contributed by atoms with van der Waals surface area (Å²) < 4.78 is 0. The molecule has 0 atom stereocenters. The van der Waals surface area contributed by atoms with E-state index >= 15 is 0 Å². The number of hydrogen-bond acceptors (Lipinski definition) is 3. The monoisotopic (exact) mass is 260 g/mol. The molecule has 94 valence electrons. The highest BCUT2D eigenvalue weighted by atomic mass is 32.1. The van der Waals surface area contributed by atoms with E-state index < -0.39 is 0 Å². The Bertz CT molecular complexity index is 551. The van der Waals surface area contributed by atoms with Gasteiger partial charge in [0, 0.05) is 31.6 Å². The van der Waals surface area contributed by atoms with Crippen molar-refractivity contribution in [1.82, 2.24) is 9.88 Å². The SMILES string of the molecule is CN(Cc1ccnc2ccccc12)C(=O)CCS. The number of pyridine rings is 1. The van der Waals surface area contributed by atoms with Gasteiger partial charge in [-0.2, -0.15) is 12.6 Å². The molecule has 1 heterocycles. The van der Waals surface area contributed by atoms with Crippen molar-refractivity contribution in [3.63, 3.8) is 0 Å². The number of benzene rings is 1. The first-order valence-electron chi connectivity index (χ1n) is 5.90. The van der Waals surface area contributed by atoms with E-state index in [0.717, 1.165) is 16.5 Å². The normalized spacial score (nSPS) is 10.6. The van der Waals surface area contributed by atoms with Crippen LogP contribution < -0.4 is 0 Å². The minimum Gasteiger partial charge on any atom is -0.341 e. The summed E-state index contributed by atoms with van der Waals surface area (Å²) in [7, 11) is 1.82. The summed E-state index contributed by atoms with van der Waals surface area (Å²) in [6.07, 6.45) is 2.26. The zero-order valence-corrected chi connectivity index (χ0v) is 11.2. The Labute approximate surface area is 112 Å². The van der Waals surface area contributed by atoms with Crippen molar-refractivity contribution >= 4 is 29.4 Å². The van der Waals surface area contributed by atoms with Crippen LogP contribution in [0.15, 0.2) is 36.5 Å². The van der Waals surface area contributed by atoms with E-state index in [1.54, 1.807) is 11.1 Å². The van der Waals surface area contributed by atoms with Gasteiger partial charge in [0.2, 0.25) is 5.91 Å². The molecule has 18 heavy (non-hydrogen) atoms. The molecule has 1 aromatic heterocycles. The maximum atomic E-state index is 11.7. The number of thiol groups is 1. The van der Waals surface area contributed by atoms with Crippen LogP contribution in [0, 0.1) is 0 Å². The van der Waals surface area contributed by atoms with Crippen molar-refractivity contribution in [1.29, 1.82) is 0 Å². The minimum absolute atomic E-state index is 0.117. The van der Waals surface area contributed by atoms with Crippen molar-refractivity contribution in [3.05, 3.63) is 42.1 Å². The Hall–Kier alpha value is -1.55. The Morgan fingerprint density at radius 1 is 1.33 bits per heavy atom. The van der Waals surface area contributed by atoms with E-state index in [2.05, 4.69) is 17.6 Å². The Kier molecular flexibility index (Phi) is 4.20.